The maximum Gasteiger partial charge on any atom is 0.146 e. The van der Waals surface area contributed by atoms with Gasteiger partial charge in [-0.2, -0.15) is 0 Å². The lowest BCUT2D eigenvalue weighted by Crippen LogP contribution is -2.47. The molecule has 4 nitrogen and oxygen atoms in total. The molecule has 94 valence electrons. The molecule has 0 saturated heterocycles. The number of nitrogens with zero attached hydrogens (tertiary/aromatic N) is 2. The van der Waals surface area contributed by atoms with Crippen molar-refractivity contribution in [1.82, 2.24) is 9.88 Å². The van der Waals surface area contributed by atoms with E-state index in [1.165, 1.54) is 25.7 Å². The number of nitrogens with two attached hydrogens (primary N) is 1. The van der Waals surface area contributed by atoms with E-state index in [0.29, 0.717) is 5.82 Å². The normalized spacial score (nSPS) is 18.5. The molecule has 0 atom stereocenters. The fraction of sp³-hybridized carbons (Fsp3) is 0.615. The van der Waals surface area contributed by atoms with Crippen LogP contribution in [0.1, 0.15) is 25.7 Å². The molecule has 1 saturated carbocycles. The van der Waals surface area contributed by atoms with Crippen LogP contribution >= 0.6 is 0 Å². The van der Waals surface area contributed by atoms with E-state index in [0.717, 1.165) is 12.2 Å². The molecule has 0 unspecified atom stereocenters. The largest absolute Gasteiger partial charge is 0.382 e. The van der Waals surface area contributed by atoms with Gasteiger partial charge < -0.3 is 16.0 Å². The summed E-state index contributed by atoms with van der Waals surface area (Å²) in [7, 11) is 4.33. The lowest BCUT2D eigenvalue weighted by Gasteiger charge is -2.36. The van der Waals surface area contributed by atoms with E-state index in [1.54, 1.807) is 6.20 Å². The lowest BCUT2D eigenvalue weighted by molar-refractivity contribution is 0.172. The van der Waals surface area contributed by atoms with Crippen LogP contribution in [0.5, 0.6) is 0 Å². The van der Waals surface area contributed by atoms with Gasteiger partial charge in [0.25, 0.3) is 0 Å². The predicted octanol–water partition coefficient (Wildman–Crippen LogP) is 1.95. The maximum atomic E-state index is 5.84. The monoisotopic (exact) mass is 234 g/mol. The van der Waals surface area contributed by atoms with Gasteiger partial charge in [-0.15, -0.1) is 0 Å². The van der Waals surface area contributed by atoms with Crippen molar-refractivity contribution in [3.8, 4) is 0 Å². The molecule has 0 radical (unpaired) electrons. The summed E-state index contributed by atoms with van der Waals surface area (Å²) >= 11 is 0. The molecule has 1 aliphatic carbocycles. The first kappa shape index (κ1) is 12.2. The first-order valence-electron chi connectivity index (χ1n) is 6.26. The highest BCUT2D eigenvalue weighted by Gasteiger charge is 2.35. The van der Waals surface area contributed by atoms with Crippen molar-refractivity contribution < 1.29 is 0 Å². The highest BCUT2D eigenvalue weighted by molar-refractivity contribution is 5.61. The quantitative estimate of drug-likeness (QED) is 0.836. The van der Waals surface area contributed by atoms with Crippen LogP contribution in [-0.2, 0) is 0 Å². The van der Waals surface area contributed by atoms with E-state index in [4.69, 9.17) is 5.73 Å². The summed E-state index contributed by atoms with van der Waals surface area (Å²) in [5.41, 5.74) is 7.06. The zero-order valence-electron chi connectivity index (χ0n) is 10.7. The summed E-state index contributed by atoms with van der Waals surface area (Å²) in [6, 6.07) is 3.90. The standard InChI is InChI=1S/C13H22N4/c1-17(2)13(7-3-4-8-13)10-16-11-6-5-9-15-12(11)14/h5-6,9,16H,3-4,7-8,10H2,1-2H3,(H2,14,15). The molecule has 1 fully saturated rings. The molecule has 0 aromatic carbocycles. The predicted molar refractivity (Wildman–Crippen MR) is 72.0 cm³/mol. The summed E-state index contributed by atoms with van der Waals surface area (Å²) in [5, 5.41) is 3.45. The topological polar surface area (TPSA) is 54.2 Å². The van der Waals surface area contributed by atoms with Crippen LogP contribution in [0, 0.1) is 0 Å². The van der Waals surface area contributed by atoms with Gasteiger partial charge in [0.05, 0.1) is 5.69 Å². The van der Waals surface area contributed by atoms with Gasteiger partial charge in [0, 0.05) is 18.3 Å². The first-order valence-corrected chi connectivity index (χ1v) is 6.26. The molecule has 0 amide bonds. The van der Waals surface area contributed by atoms with Crippen molar-refractivity contribution in [2.24, 2.45) is 0 Å². The first-order chi connectivity index (χ1) is 8.14. The average Bonchev–Trinajstić information content (AvgIpc) is 2.78. The smallest absolute Gasteiger partial charge is 0.146 e. The van der Waals surface area contributed by atoms with Gasteiger partial charge in [0.1, 0.15) is 5.82 Å². The molecule has 4 heteroatoms. The van der Waals surface area contributed by atoms with Gasteiger partial charge >= 0.3 is 0 Å². The number of anilines is 2. The molecule has 1 aromatic heterocycles. The van der Waals surface area contributed by atoms with E-state index in [1.807, 2.05) is 12.1 Å². The van der Waals surface area contributed by atoms with E-state index in [9.17, 15) is 0 Å². The van der Waals surface area contributed by atoms with Crippen molar-refractivity contribution in [3.05, 3.63) is 18.3 Å². The lowest BCUT2D eigenvalue weighted by atomic mass is 9.96. The minimum absolute atomic E-state index is 0.280. The molecule has 0 aliphatic heterocycles. The Bertz CT molecular complexity index is 369. The highest BCUT2D eigenvalue weighted by Crippen LogP contribution is 2.34. The maximum absolute atomic E-state index is 5.84. The van der Waals surface area contributed by atoms with Crippen molar-refractivity contribution in [2.45, 2.75) is 31.2 Å². The van der Waals surface area contributed by atoms with Gasteiger partial charge in [-0.25, -0.2) is 4.98 Å². The highest BCUT2D eigenvalue weighted by atomic mass is 15.2. The Morgan fingerprint density at radius 3 is 2.71 bits per heavy atom. The average molecular weight is 234 g/mol. The number of rotatable bonds is 4. The zero-order valence-corrected chi connectivity index (χ0v) is 10.7. The Kier molecular flexibility index (Phi) is 3.52. The van der Waals surface area contributed by atoms with Crippen molar-refractivity contribution >= 4 is 11.5 Å². The zero-order chi connectivity index (χ0) is 12.3. The second kappa shape index (κ2) is 4.92. The molecule has 1 aliphatic rings. The van der Waals surface area contributed by atoms with Crippen LogP contribution in [0.3, 0.4) is 0 Å². The number of likely N-dealkylation sites (N-methyl/N-ethyl adjacent to an activating group) is 1. The number of hydrogen-bond acceptors (Lipinski definition) is 4. The van der Waals surface area contributed by atoms with Gasteiger partial charge in [-0.3, -0.25) is 0 Å². The molecule has 1 heterocycles. The molecule has 3 N–H and O–H groups in total. The number of hydrogen-bond donors (Lipinski definition) is 2. The summed E-state index contributed by atoms with van der Waals surface area (Å²) < 4.78 is 0. The summed E-state index contributed by atoms with van der Waals surface area (Å²) in [6.45, 7) is 0.940. The third-order valence-electron chi connectivity index (χ3n) is 3.93. The van der Waals surface area contributed by atoms with E-state index < -0.39 is 0 Å². The molecule has 2 rings (SSSR count). The molecule has 17 heavy (non-hydrogen) atoms. The van der Waals surface area contributed by atoms with Gasteiger partial charge in [0.2, 0.25) is 0 Å². The molecular weight excluding hydrogens is 212 g/mol. The minimum atomic E-state index is 0.280. The van der Waals surface area contributed by atoms with Gasteiger partial charge in [-0.05, 0) is 39.1 Å². The van der Waals surface area contributed by atoms with Crippen molar-refractivity contribution in [3.63, 3.8) is 0 Å². The second-order valence-electron chi connectivity index (χ2n) is 5.12. The number of aromatic nitrogens is 1. The molecule has 0 spiro atoms. The molecular formula is C13H22N4. The Labute approximate surface area is 103 Å². The van der Waals surface area contributed by atoms with Gasteiger partial charge in [0.15, 0.2) is 0 Å². The summed E-state index contributed by atoms with van der Waals surface area (Å²) in [4.78, 5) is 6.44. The Morgan fingerprint density at radius 2 is 2.12 bits per heavy atom. The number of pyridine rings is 1. The second-order valence-corrected chi connectivity index (χ2v) is 5.12. The van der Waals surface area contributed by atoms with Crippen molar-refractivity contribution in [2.75, 3.05) is 31.7 Å². The van der Waals surface area contributed by atoms with Crippen LogP contribution in [0.15, 0.2) is 18.3 Å². The van der Waals surface area contributed by atoms with Crippen LogP contribution in [0.4, 0.5) is 11.5 Å². The number of nitrogen functional groups attached to an aromatic ring is 1. The van der Waals surface area contributed by atoms with E-state index in [2.05, 4.69) is 29.3 Å². The molecule has 1 aromatic rings. The van der Waals surface area contributed by atoms with Crippen LogP contribution in [0.25, 0.3) is 0 Å². The Hall–Kier alpha value is -1.29. The van der Waals surface area contributed by atoms with Crippen LogP contribution in [0.2, 0.25) is 0 Å². The summed E-state index contributed by atoms with van der Waals surface area (Å²) in [6.07, 6.45) is 6.88. The van der Waals surface area contributed by atoms with Crippen molar-refractivity contribution in [1.29, 1.82) is 0 Å². The van der Waals surface area contributed by atoms with Crippen LogP contribution < -0.4 is 11.1 Å². The van der Waals surface area contributed by atoms with E-state index >= 15 is 0 Å². The molecule has 0 bridgehead atoms. The van der Waals surface area contributed by atoms with Crippen LogP contribution in [-0.4, -0.2) is 36.1 Å². The minimum Gasteiger partial charge on any atom is -0.382 e. The van der Waals surface area contributed by atoms with Gasteiger partial charge in [-0.1, -0.05) is 12.8 Å². The Balaban J connectivity index is 2.03. The number of nitrogens with one attached hydrogen (secondary N) is 1. The fourth-order valence-corrected chi connectivity index (χ4v) is 2.64. The Morgan fingerprint density at radius 1 is 1.41 bits per heavy atom. The third kappa shape index (κ3) is 2.52. The fourth-order valence-electron chi connectivity index (χ4n) is 2.64. The summed E-state index contributed by atoms with van der Waals surface area (Å²) in [5.74, 6) is 0.583. The SMILES string of the molecule is CN(C)C1(CNc2cccnc2N)CCCC1. The van der Waals surface area contributed by atoms with E-state index in [-0.39, 0.29) is 5.54 Å². The third-order valence-corrected chi connectivity index (χ3v) is 3.93.